The van der Waals surface area contributed by atoms with Gasteiger partial charge in [-0.2, -0.15) is 13.2 Å². The Morgan fingerprint density at radius 3 is 1.70 bits per heavy atom. The van der Waals surface area contributed by atoms with Gasteiger partial charge < -0.3 is 20.8 Å². The lowest BCUT2D eigenvalue weighted by Gasteiger charge is -2.27. The number of carbonyl (C=O) groups excluding carboxylic acids is 1. The summed E-state index contributed by atoms with van der Waals surface area (Å²) in [5.41, 5.74) is 5.13. The van der Waals surface area contributed by atoms with Gasteiger partial charge >= 0.3 is 18.1 Å². The predicted molar refractivity (Wildman–Crippen MR) is 61.8 cm³/mol. The number of hydrogen-bond donors (Lipinski definition) is 3. The number of nitrogens with zero attached hydrogens (tertiary/aromatic N) is 1. The summed E-state index contributed by atoms with van der Waals surface area (Å²) in [4.78, 5) is 31.9. The number of nitrogens with two attached hydrogens (primary N) is 1. The first kappa shape index (κ1) is 20.5. The normalized spacial score (nSPS) is 12.2. The topological polar surface area (TPSA) is 121 Å². The summed E-state index contributed by atoms with van der Waals surface area (Å²) < 4.78 is 31.7. The summed E-state index contributed by atoms with van der Waals surface area (Å²) in [6.45, 7) is 3.34. The number of rotatable bonds is 4. The lowest BCUT2D eigenvalue weighted by molar-refractivity contribution is -0.192. The Labute approximate surface area is 113 Å². The summed E-state index contributed by atoms with van der Waals surface area (Å²) in [7, 11) is 1.45. The minimum Gasteiger partial charge on any atom is -0.480 e. The van der Waals surface area contributed by atoms with E-state index in [-0.39, 0.29) is 18.4 Å². The highest BCUT2D eigenvalue weighted by Crippen LogP contribution is 2.13. The van der Waals surface area contributed by atoms with Gasteiger partial charge in [-0.25, -0.2) is 9.59 Å². The second-order valence-corrected chi connectivity index (χ2v) is 4.04. The van der Waals surface area contributed by atoms with E-state index >= 15 is 0 Å². The van der Waals surface area contributed by atoms with E-state index in [4.69, 9.17) is 20.7 Å². The molecule has 0 aliphatic carbocycles. The standard InChI is InChI=1S/C8H16N2O3.C2HF3O2/c1-5(2)7(8(12)13)10(3)6(11)4-9;3-2(4,5)1(6)7/h5,7H,4,9H2,1-3H3,(H,12,13);(H,6,7)/t7-;/m1./s1. The SMILES string of the molecule is CC(C)[C@H](C(=O)O)N(C)C(=O)CN.O=C(O)C(F)(F)F. The maximum absolute atomic E-state index is 11.1. The smallest absolute Gasteiger partial charge is 0.480 e. The van der Waals surface area contributed by atoms with Crippen LogP contribution in [0.3, 0.4) is 0 Å². The van der Waals surface area contributed by atoms with Gasteiger partial charge in [0.2, 0.25) is 5.91 Å². The minimum absolute atomic E-state index is 0.127. The number of aliphatic carboxylic acids is 2. The molecule has 0 fully saturated rings. The van der Waals surface area contributed by atoms with Crippen molar-refractivity contribution >= 4 is 17.8 Å². The molecule has 20 heavy (non-hydrogen) atoms. The Bertz CT molecular complexity index is 357. The van der Waals surface area contributed by atoms with E-state index in [1.165, 1.54) is 11.9 Å². The molecule has 7 nitrogen and oxygen atoms in total. The molecule has 118 valence electrons. The van der Waals surface area contributed by atoms with Gasteiger partial charge in [-0.15, -0.1) is 0 Å². The highest BCUT2D eigenvalue weighted by atomic mass is 19.4. The van der Waals surface area contributed by atoms with Crippen LogP contribution in [-0.2, 0) is 14.4 Å². The first-order chi connectivity index (χ1) is 8.86. The molecule has 0 spiro atoms. The second kappa shape index (κ2) is 8.35. The molecule has 0 saturated heterocycles. The molecule has 0 radical (unpaired) electrons. The van der Waals surface area contributed by atoms with Crippen LogP contribution < -0.4 is 5.73 Å². The third-order valence-corrected chi connectivity index (χ3v) is 2.11. The van der Waals surface area contributed by atoms with E-state index in [1.54, 1.807) is 13.8 Å². The van der Waals surface area contributed by atoms with E-state index in [0.717, 1.165) is 0 Å². The van der Waals surface area contributed by atoms with Gasteiger partial charge in [0.1, 0.15) is 6.04 Å². The molecule has 0 heterocycles. The Morgan fingerprint density at radius 1 is 1.20 bits per heavy atom. The average molecular weight is 302 g/mol. The molecule has 10 heteroatoms. The number of hydrogen-bond acceptors (Lipinski definition) is 4. The Morgan fingerprint density at radius 2 is 1.55 bits per heavy atom. The molecular weight excluding hydrogens is 285 g/mol. The highest BCUT2D eigenvalue weighted by molar-refractivity contribution is 5.84. The van der Waals surface area contributed by atoms with Gasteiger partial charge in [0.25, 0.3) is 0 Å². The number of carboxylic acid groups (broad SMARTS) is 2. The van der Waals surface area contributed by atoms with Crippen LogP contribution in [0.15, 0.2) is 0 Å². The summed E-state index contributed by atoms with van der Waals surface area (Å²) >= 11 is 0. The predicted octanol–water partition coefficient (Wildman–Crippen LogP) is 0.146. The average Bonchev–Trinajstić information content (AvgIpc) is 2.26. The van der Waals surface area contributed by atoms with Crippen molar-refractivity contribution in [2.75, 3.05) is 13.6 Å². The zero-order valence-electron chi connectivity index (χ0n) is 11.1. The molecular formula is C10H17F3N2O5. The maximum Gasteiger partial charge on any atom is 0.490 e. The third kappa shape index (κ3) is 7.56. The van der Waals surface area contributed by atoms with Gasteiger partial charge in [-0.05, 0) is 5.92 Å². The van der Waals surface area contributed by atoms with Crippen molar-refractivity contribution in [2.45, 2.75) is 26.1 Å². The number of carbonyl (C=O) groups is 3. The van der Waals surface area contributed by atoms with Crippen molar-refractivity contribution in [1.29, 1.82) is 0 Å². The lowest BCUT2D eigenvalue weighted by atomic mass is 10.0. The first-order valence-corrected chi connectivity index (χ1v) is 5.34. The summed E-state index contributed by atoms with van der Waals surface area (Å²) in [5, 5.41) is 15.9. The highest BCUT2D eigenvalue weighted by Gasteiger charge is 2.38. The van der Waals surface area contributed by atoms with Gasteiger partial charge in [-0.1, -0.05) is 13.8 Å². The number of alkyl halides is 3. The molecule has 0 aliphatic rings. The van der Waals surface area contributed by atoms with E-state index in [9.17, 15) is 22.8 Å². The van der Waals surface area contributed by atoms with E-state index < -0.39 is 24.2 Å². The van der Waals surface area contributed by atoms with Crippen molar-refractivity contribution in [1.82, 2.24) is 4.90 Å². The first-order valence-electron chi connectivity index (χ1n) is 5.34. The fourth-order valence-corrected chi connectivity index (χ4v) is 1.20. The molecule has 0 aromatic carbocycles. The molecule has 4 N–H and O–H groups in total. The van der Waals surface area contributed by atoms with E-state index in [1.807, 2.05) is 0 Å². The van der Waals surface area contributed by atoms with Gasteiger partial charge in [0, 0.05) is 7.05 Å². The number of likely N-dealkylation sites (N-methyl/N-ethyl adjacent to an activating group) is 1. The van der Waals surface area contributed by atoms with Gasteiger partial charge in [0.15, 0.2) is 0 Å². The van der Waals surface area contributed by atoms with Crippen LogP contribution in [0.5, 0.6) is 0 Å². The quantitative estimate of drug-likeness (QED) is 0.679. The molecule has 0 aromatic rings. The summed E-state index contributed by atoms with van der Waals surface area (Å²) in [6.07, 6.45) is -5.08. The molecule has 0 rings (SSSR count). The Kier molecular flexibility index (Phi) is 8.55. The zero-order valence-corrected chi connectivity index (χ0v) is 11.1. The van der Waals surface area contributed by atoms with Crippen molar-refractivity contribution in [3.8, 4) is 0 Å². The zero-order chi connectivity index (χ0) is 16.7. The van der Waals surface area contributed by atoms with Crippen LogP contribution in [0, 0.1) is 5.92 Å². The van der Waals surface area contributed by atoms with E-state index in [2.05, 4.69) is 0 Å². The Hall–Kier alpha value is -1.84. The Balaban J connectivity index is 0. The van der Waals surface area contributed by atoms with Crippen LogP contribution in [-0.4, -0.2) is 58.8 Å². The summed E-state index contributed by atoms with van der Waals surface area (Å²) in [5.74, 6) is -4.24. The third-order valence-electron chi connectivity index (χ3n) is 2.11. The van der Waals surface area contributed by atoms with Crippen LogP contribution in [0.2, 0.25) is 0 Å². The molecule has 0 aromatic heterocycles. The molecule has 1 atom stereocenters. The number of halogens is 3. The van der Waals surface area contributed by atoms with Crippen molar-refractivity contribution in [3.63, 3.8) is 0 Å². The number of amides is 1. The fraction of sp³-hybridized carbons (Fsp3) is 0.700. The van der Waals surface area contributed by atoms with E-state index in [0.29, 0.717) is 0 Å². The fourth-order valence-electron chi connectivity index (χ4n) is 1.20. The van der Waals surface area contributed by atoms with Crippen LogP contribution >= 0.6 is 0 Å². The van der Waals surface area contributed by atoms with Gasteiger partial charge in [-0.3, -0.25) is 4.79 Å². The molecule has 0 bridgehead atoms. The number of carboxylic acids is 2. The molecule has 0 aliphatic heterocycles. The monoisotopic (exact) mass is 302 g/mol. The second-order valence-electron chi connectivity index (χ2n) is 4.04. The minimum atomic E-state index is -5.08. The van der Waals surface area contributed by atoms with Crippen LogP contribution in [0.4, 0.5) is 13.2 Å². The van der Waals surface area contributed by atoms with Crippen LogP contribution in [0.25, 0.3) is 0 Å². The molecule has 0 saturated carbocycles. The molecule has 1 amide bonds. The lowest BCUT2D eigenvalue weighted by Crippen LogP contribution is -2.47. The van der Waals surface area contributed by atoms with Gasteiger partial charge in [0.05, 0.1) is 6.54 Å². The van der Waals surface area contributed by atoms with Crippen molar-refractivity contribution < 1.29 is 37.8 Å². The maximum atomic E-state index is 11.1. The summed E-state index contributed by atoms with van der Waals surface area (Å²) in [6, 6.07) is -0.795. The molecule has 0 unspecified atom stereocenters. The van der Waals surface area contributed by atoms with Crippen molar-refractivity contribution in [3.05, 3.63) is 0 Å². The van der Waals surface area contributed by atoms with Crippen molar-refractivity contribution in [2.24, 2.45) is 11.7 Å². The largest absolute Gasteiger partial charge is 0.490 e. The van der Waals surface area contributed by atoms with Crippen LogP contribution in [0.1, 0.15) is 13.8 Å².